The van der Waals surface area contributed by atoms with Crippen LogP contribution in [-0.2, 0) is 46.5 Å². The molecule has 0 saturated heterocycles. The van der Waals surface area contributed by atoms with Crippen LogP contribution in [0, 0.1) is 0 Å². The topological polar surface area (TPSA) is 169 Å². The van der Waals surface area contributed by atoms with Crippen molar-refractivity contribution in [3.8, 4) is 0 Å². The van der Waals surface area contributed by atoms with Crippen molar-refractivity contribution in [3.63, 3.8) is 0 Å². The number of hydrogen-bond acceptors (Lipinski definition) is 8. The van der Waals surface area contributed by atoms with E-state index in [1.165, 1.54) is 0 Å². The van der Waals surface area contributed by atoms with E-state index in [9.17, 15) is 25.9 Å². The Balaban J connectivity index is -0.000000405. The zero-order chi connectivity index (χ0) is 8.41. The smallest absolute Gasteiger partial charge is 0.724 e. The van der Waals surface area contributed by atoms with Crippen LogP contribution >= 0.6 is 0 Å². The standard InChI is InChI=1S/Mn.H3N.H2O8S2/c;;1-9(2,3)7-8-10(4,5)6/h;1H3;(H,1,2,3)(H,4,5,6)/q+1;;/p-1. The van der Waals surface area contributed by atoms with E-state index < -0.39 is 20.8 Å². The van der Waals surface area contributed by atoms with E-state index in [1.54, 1.807) is 0 Å². The maximum atomic E-state index is 9.37. The Labute approximate surface area is 78.9 Å². The van der Waals surface area contributed by atoms with E-state index >= 15 is 0 Å². The molecule has 0 aromatic carbocycles. The quantitative estimate of drug-likeness (QED) is 0.205. The third kappa shape index (κ3) is 16.7. The van der Waals surface area contributed by atoms with Gasteiger partial charge in [0.25, 0.3) is 0 Å². The van der Waals surface area contributed by atoms with E-state index in [2.05, 4.69) is 8.67 Å². The van der Waals surface area contributed by atoms with Crippen molar-refractivity contribution >= 4 is 20.8 Å². The summed E-state index contributed by atoms with van der Waals surface area (Å²) in [6, 6.07) is 0. The van der Waals surface area contributed by atoms with Gasteiger partial charge in [-0.2, -0.15) is 0 Å². The third-order valence-electron chi connectivity index (χ3n) is 0.194. The Kier molecular flexibility index (Phi) is 8.74. The minimum atomic E-state index is -5.31. The van der Waals surface area contributed by atoms with Crippen molar-refractivity contribution in [2.45, 2.75) is 0 Å². The summed E-state index contributed by atoms with van der Waals surface area (Å²) in [5, 5.41) is 0. The van der Waals surface area contributed by atoms with Gasteiger partial charge < -0.3 is 15.3 Å². The Bertz CT molecular complexity index is 253. The summed E-state index contributed by atoms with van der Waals surface area (Å²) in [6.45, 7) is 0. The summed E-state index contributed by atoms with van der Waals surface area (Å²) in [6.07, 6.45) is 0. The first kappa shape index (κ1) is 18.1. The third-order valence-corrected chi connectivity index (χ3v) is 0.750. The summed E-state index contributed by atoms with van der Waals surface area (Å²) in [5.41, 5.74) is 0. The molecule has 0 fully saturated rings. The van der Waals surface area contributed by atoms with Gasteiger partial charge in [-0.25, -0.2) is 16.8 Å². The molecule has 0 aromatic heterocycles. The largest absolute Gasteiger partial charge is 1.00 e. The predicted molar refractivity (Wildman–Crippen MR) is 27.5 cm³/mol. The van der Waals surface area contributed by atoms with Crippen molar-refractivity contribution in [2.24, 2.45) is 0 Å². The van der Waals surface area contributed by atoms with Gasteiger partial charge in [0.05, 0.1) is 0 Å². The Morgan fingerprint density at radius 2 is 1.00 bits per heavy atom. The van der Waals surface area contributed by atoms with Gasteiger partial charge in [-0.3, -0.25) is 0 Å². The average molecular weight is 265 g/mol. The van der Waals surface area contributed by atoms with Crippen LogP contribution in [0.3, 0.4) is 0 Å². The summed E-state index contributed by atoms with van der Waals surface area (Å²) in [4.78, 5) is 0. The van der Waals surface area contributed by atoms with Crippen LogP contribution in [0.15, 0.2) is 0 Å². The second-order valence-electron chi connectivity index (χ2n) is 0.953. The van der Waals surface area contributed by atoms with E-state index in [0.717, 1.165) is 0 Å². The predicted octanol–water partition coefficient (Wildman–Crippen LogP) is -1.77. The fourth-order valence-corrected chi connectivity index (χ4v) is 0.612. The minimum absolute atomic E-state index is 0. The van der Waals surface area contributed by atoms with Crippen LogP contribution in [0.25, 0.3) is 0 Å². The van der Waals surface area contributed by atoms with Crippen molar-refractivity contribution in [1.82, 2.24) is 6.15 Å². The van der Waals surface area contributed by atoms with Gasteiger partial charge in [-0.1, -0.05) is 0 Å². The fraction of sp³-hybridized carbons (Fsp3) is 0. The Morgan fingerprint density at radius 1 is 0.833 bits per heavy atom. The van der Waals surface area contributed by atoms with E-state index in [4.69, 9.17) is 0 Å². The van der Waals surface area contributed by atoms with Crippen LogP contribution in [0.2, 0.25) is 0 Å². The molecule has 9 nitrogen and oxygen atoms in total. The number of rotatable bonds is 3. The molecule has 0 rings (SSSR count). The molecule has 0 atom stereocenters. The van der Waals surface area contributed by atoms with Gasteiger partial charge in [0.2, 0.25) is 20.8 Å². The zero-order valence-corrected chi connectivity index (χ0v) is 8.27. The summed E-state index contributed by atoms with van der Waals surface area (Å²) < 4.78 is 61.5. The molecule has 76 valence electrons. The molecule has 0 aliphatic rings. The maximum absolute atomic E-state index is 9.37. The summed E-state index contributed by atoms with van der Waals surface area (Å²) >= 11 is 0. The van der Waals surface area contributed by atoms with E-state index in [-0.39, 0.29) is 23.2 Å². The molecule has 0 radical (unpaired) electrons. The van der Waals surface area contributed by atoms with Crippen molar-refractivity contribution in [3.05, 3.63) is 0 Å². The van der Waals surface area contributed by atoms with Crippen LogP contribution in [0.5, 0.6) is 0 Å². The first-order valence-electron chi connectivity index (χ1n) is 1.50. The monoisotopic (exact) mass is 265 g/mol. The second kappa shape index (κ2) is 5.80. The second-order valence-corrected chi connectivity index (χ2v) is 2.86. The average Bonchev–Trinajstić information content (AvgIpc) is 1.57. The molecule has 12 heteroatoms. The molecular formula is H4MnNO8S2. The molecule has 12 heavy (non-hydrogen) atoms. The molecule has 0 aliphatic heterocycles. The van der Waals surface area contributed by atoms with E-state index in [0.29, 0.717) is 0 Å². The molecule has 0 bridgehead atoms. The van der Waals surface area contributed by atoms with Gasteiger partial charge in [0.1, 0.15) is 0 Å². The van der Waals surface area contributed by atoms with Crippen LogP contribution < -0.4 is 6.15 Å². The maximum Gasteiger partial charge on any atom is 1.00 e. The Morgan fingerprint density at radius 3 is 1.08 bits per heavy atom. The summed E-state index contributed by atoms with van der Waals surface area (Å²) in [7, 11) is -10.6. The first-order valence-corrected chi connectivity index (χ1v) is 4.17. The molecule has 0 aliphatic carbocycles. The zero-order valence-electron chi connectivity index (χ0n) is 5.46. The molecule has 0 unspecified atom stereocenters. The molecular weight excluding hydrogens is 261 g/mol. The number of hydrogen-bond donors (Lipinski definition) is 1. The van der Waals surface area contributed by atoms with Gasteiger partial charge in [0, 0.05) is 0 Å². The summed E-state index contributed by atoms with van der Waals surface area (Å²) in [5.74, 6) is 0. The van der Waals surface area contributed by atoms with Crippen molar-refractivity contribution in [2.75, 3.05) is 0 Å². The van der Waals surface area contributed by atoms with Gasteiger partial charge >= 0.3 is 17.1 Å². The van der Waals surface area contributed by atoms with Gasteiger partial charge in [-0.15, -0.1) is 8.67 Å². The van der Waals surface area contributed by atoms with Crippen LogP contribution in [0.4, 0.5) is 0 Å². The van der Waals surface area contributed by atoms with Crippen LogP contribution in [-0.4, -0.2) is 25.9 Å². The molecule has 0 saturated carbocycles. The minimum Gasteiger partial charge on any atom is -0.724 e. The van der Waals surface area contributed by atoms with Gasteiger partial charge in [0.15, 0.2) is 0 Å². The van der Waals surface area contributed by atoms with Crippen molar-refractivity contribution < 1.29 is 51.7 Å². The Hall–Kier alpha value is 0.219. The van der Waals surface area contributed by atoms with Crippen LogP contribution in [0.1, 0.15) is 0 Å². The first-order chi connectivity index (χ1) is 4.21. The SMILES string of the molecule is O=S(=O)([O-])OOS(=O)(=O)[O-].[Mn+].[NH4+]. The normalized spacial score (nSPS) is 11.2. The van der Waals surface area contributed by atoms with Gasteiger partial charge in [-0.05, 0) is 0 Å². The van der Waals surface area contributed by atoms with Crippen molar-refractivity contribution in [1.29, 1.82) is 0 Å². The van der Waals surface area contributed by atoms with E-state index in [1.807, 2.05) is 0 Å². The molecule has 0 heterocycles. The number of quaternary nitrogens is 1. The molecule has 0 amide bonds. The molecule has 0 spiro atoms. The molecule has 4 N–H and O–H groups in total. The molecule has 0 aromatic rings. The fourth-order valence-electron chi connectivity index (χ4n) is 0.0680.